The first-order valence-corrected chi connectivity index (χ1v) is 14.2. The Balaban J connectivity index is 0.00000276. The van der Waals surface area contributed by atoms with Crippen LogP contribution in [0.4, 0.5) is 0 Å². The van der Waals surface area contributed by atoms with Gasteiger partial charge in [-0.25, -0.2) is 0 Å². The van der Waals surface area contributed by atoms with Gasteiger partial charge in [0.25, 0.3) is 0 Å². The maximum absolute atomic E-state index is 4.86. The van der Waals surface area contributed by atoms with Crippen LogP contribution in [0.3, 0.4) is 0 Å². The second-order valence-electron chi connectivity index (χ2n) is 10.2. The predicted molar refractivity (Wildman–Crippen MR) is 177 cm³/mol. The fraction of sp³-hybridized carbons (Fsp3) is 0. The molecule has 0 aliphatic rings. The predicted octanol–water partition coefficient (Wildman–Crippen LogP) is 10.4. The molecule has 6 aromatic carbocycles. The highest BCUT2D eigenvalue weighted by molar-refractivity contribution is 7.80. The van der Waals surface area contributed by atoms with E-state index in [1.807, 2.05) is 0 Å². The molecule has 2 aromatic heterocycles. The van der Waals surface area contributed by atoms with Crippen LogP contribution >= 0.6 is 25.3 Å². The van der Waals surface area contributed by atoms with Crippen LogP contribution in [0.2, 0.25) is 0 Å². The van der Waals surface area contributed by atoms with Crippen molar-refractivity contribution in [2.24, 2.45) is 0 Å². The molecular weight excluding hydrogens is 525 g/mol. The Morgan fingerprint density at radius 2 is 0.675 bits per heavy atom. The van der Waals surface area contributed by atoms with Gasteiger partial charge in [-0.15, -0.1) is 25.3 Å². The van der Waals surface area contributed by atoms with Crippen LogP contribution < -0.4 is 0 Å². The molecule has 192 valence electrons. The number of benzene rings is 6. The Morgan fingerprint density at radius 3 is 1.00 bits per heavy atom. The van der Waals surface area contributed by atoms with Gasteiger partial charge in [0.15, 0.2) is 0 Å². The summed E-state index contributed by atoms with van der Waals surface area (Å²) in [5.41, 5.74) is 9.10. The molecule has 40 heavy (non-hydrogen) atoms. The topological polar surface area (TPSA) is 9.86 Å². The van der Waals surface area contributed by atoms with Gasteiger partial charge < -0.3 is 9.13 Å². The van der Waals surface area contributed by atoms with Crippen LogP contribution in [0, 0.1) is 0 Å². The lowest BCUT2D eigenvalue weighted by atomic mass is 10.0. The van der Waals surface area contributed by atoms with Gasteiger partial charge in [0.05, 0.1) is 22.1 Å². The van der Waals surface area contributed by atoms with Crippen LogP contribution in [0.1, 0.15) is 1.43 Å². The van der Waals surface area contributed by atoms with Gasteiger partial charge in [0.1, 0.15) is 0 Å². The molecule has 0 N–H and O–H groups in total. The number of aromatic nitrogens is 2. The monoisotopic (exact) mass is 550 g/mol. The van der Waals surface area contributed by atoms with Crippen molar-refractivity contribution >= 4 is 68.9 Å². The lowest BCUT2D eigenvalue weighted by Crippen LogP contribution is -1.97. The van der Waals surface area contributed by atoms with Gasteiger partial charge in [-0.2, -0.15) is 0 Å². The first-order valence-electron chi connectivity index (χ1n) is 13.3. The molecule has 0 bridgehead atoms. The van der Waals surface area contributed by atoms with Gasteiger partial charge >= 0.3 is 0 Å². The van der Waals surface area contributed by atoms with Crippen LogP contribution in [-0.2, 0) is 0 Å². The van der Waals surface area contributed by atoms with E-state index in [0.29, 0.717) is 0 Å². The minimum atomic E-state index is 0. The summed E-state index contributed by atoms with van der Waals surface area (Å²) in [5, 5.41) is 4.98. The summed E-state index contributed by atoms with van der Waals surface area (Å²) < 4.78 is 4.68. The van der Waals surface area contributed by atoms with Crippen LogP contribution in [-0.4, -0.2) is 9.13 Å². The highest BCUT2D eigenvalue weighted by Gasteiger charge is 2.15. The minimum Gasteiger partial charge on any atom is -0.309 e. The van der Waals surface area contributed by atoms with E-state index in [2.05, 4.69) is 143 Å². The maximum atomic E-state index is 4.86. The van der Waals surface area contributed by atoms with Crippen molar-refractivity contribution in [1.82, 2.24) is 9.13 Å². The largest absolute Gasteiger partial charge is 0.309 e. The first kappa shape index (κ1) is 23.5. The molecule has 0 saturated heterocycles. The molecule has 8 rings (SSSR count). The fourth-order valence-electron chi connectivity index (χ4n) is 6.18. The van der Waals surface area contributed by atoms with E-state index >= 15 is 0 Å². The summed E-state index contributed by atoms with van der Waals surface area (Å²) in [4.78, 5) is 1.83. The zero-order valence-corrected chi connectivity index (χ0v) is 23.3. The Bertz CT molecular complexity index is 1990. The average molecular weight is 551 g/mol. The maximum Gasteiger partial charge on any atom is 0.0541 e. The zero-order chi connectivity index (χ0) is 26.8. The van der Waals surface area contributed by atoms with Crippen molar-refractivity contribution < 1.29 is 1.43 Å². The SMILES string of the molecule is Sc1cc(-c2cc(S)cc(-n3c4ccccc4c4ccccc43)c2)cc(-n2c3ccccc3c3ccccc32)c1.[HH]. The Morgan fingerprint density at radius 1 is 0.375 bits per heavy atom. The highest BCUT2D eigenvalue weighted by atomic mass is 32.1. The number of thiol groups is 2. The normalized spacial score (nSPS) is 11.8. The molecule has 8 aromatic rings. The van der Waals surface area contributed by atoms with E-state index in [1.165, 1.54) is 43.6 Å². The van der Waals surface area contributed by atoms with Crippen molar-refractivity contribution in [3.8, 4) is 22.5 Å². The third-order valence-electron chi connectivity index (χ3n) is 7.81. The van der Waals surface area contributed by atoms with E-state index in [9.17, 15) is 0 Å². The second-order valence-corrected chi connectivity index (χ2v) is 11.2. The quantitative estimate of drug-likeness (QED) is 0.203. The van der Waals surface area contributed by atoms with Gasteiger partial charge in [-0.1, -0.05) is 72.8 Å². The molecule has 0 atom stereocenters. The van der Waals surface area contributed by atoms with E-state index in [-0.39, 0.29) is 1.43 Å². The summed E-state index contributed by atoms with van der Waals surface area (Å²) in [6.07, 6.45) is 0. The molecule has 0 unspecified atom stereocenters. The molecule has 0 saturated carbocycles. The number of para-hydroxylation sites is 4. The number of rotatable bonds is 3. The standard InChI is InChI=1S/C36H24N2S2.H2/c39-27-19-23(17-25(21-27)37-33-13-5-1-9-29(33)30-10-2-6-14-34(30)37)24-18-26(22-28(40)20-24)38-35-15-7-3-11-31(35)32-12-4-8-16-36(32)38;/h1-22,39-40H;1H. The molecule has 0 amide bonds. The molecular formula is C36H26N2S2. The van der Waals surface area contributed by atoms with E-state index in [4.69, 9.17) is 25.3 Å². The molecule has 2 nitrogen and oxygen atoms in total. The van der Waals surface area contributed by atoms with Crippen LogP contribution in [0.5, 0.6) is 0 Å². The zero-order valence-electron chi connectivity index (χ0n) is 21.5. The molecule has 0 aliphatic heterocycles. The molecule has 0 radical (unpaired) electrons. The molecule has 0 fully saturated rings. The summed E-state index contributed by atoms with van der Waals surface area (Å²) in [5.74, 6) is 0. The average Bonchev–Trinajstić information content (AvgIpc) is 3.50. The van der Waals surface area contributed by atoms with Crippen LogP contribution in [0.25, 0.3) is 66.1 Å². The molecule has 0 spiro atoms. The number of hydrogen-bond acceptors (Lipinski definition) is 2. The van der Waals surface area contributed by atoms with Gasteiger partial charge in [-0.3, -0.25) is 0 Å². The Kier molecular flexibility index (Phi) is 5.34. The third-order valence-corrected chi connectivity index (χ3v) is 8.33. The van der Waals surface area contributed by atoms with E-state index < -0.39 is 0 Å². The van der Waals surface area contributed by atoms with Crippen LogP contribution in [0.15, 0.2) is 143 Å². The smallest absolute Gasteiger partial charge is 0.0541 e. The van der Waals surface area contributed by atoms with Crippen molar-refractivity contribution in [3.63, 3.8) is 0 Å². The Labute approximate surface area is 244 Å². The lowest BCUT2D eigenvalue weighted by molar-refractivity contribution is 1.15. The van der Waals surface area contributed by atoms with Crippen molar-refractivity contribution in [2.75, 3.05) is 0 Å². The Hall–Kier alpha value is -4.38. The highest BCUT2D eigenvalue weighted by Crippen LogP contribution is 2.37. The fourth-order valence-corrected chi connectivity index (χ4v) is 6.73. The van der Waals surface area contributed by atoms with Crippen molar-refractivity contribution in [3.05, 3.63) is 133 Å². The second kappa shape index (κ2) is 9.09. The van der Waals surface area contributed by atoms with Gasteiger partial charge in [0.2, 0.25) is 0 Å². The minimum absolute atomic E-state index is 0. The summed E-state index contributed by atoms with van der Waals surface area (Å²) in [6.45, 7) is 0. The van der Waals surface area contributed by atoms with Gasteiger partial charge in [0, 0.05) is 44.1 Å². The summed E-state index contributed by atoms with van der Waals surface area (Å²) in [6, 6.07) is 47.5. The first-order chi connectivity index (χ1) is 19.7. The summed E-state index contributed by atoms with van der Waals surface area (Å²) in [7, 11) is 0. The third kappa shape index (κ3) is 3.60. The number of hydrogen-bond donors (Lipinski definition) is 2. The van der Waals surface area contributed by atoms with Gasteiger partial charge in [-0.05, 0) is 71.8 Å². The number of fused-ring (bicyclic) bond motifs is 6. The summed E-state index contributed by atoms with van der Waals surface area (Å²) >= 11 is 9.73. The molecule has 0 aliphatic carbocycles. The number of nitrogens with zero attached hydrogens (tertiary/aromatic N) is 2. The van der Waals surface area contributed by atoms with Crippen molar-refractivity contribution in [2.45, 2.75) is 9.79 Å². The lowest BCUT2D eigenvalue weighted by Gasteiger charge is -2.14. The van der Waals surface area contributed by atoms with E-state index in [0.717, 1.165) is 32.3 Å². The van der Waals surface area contributed by atoms with Crippen molar-refractivity contribution in [1.29, 1.82) is 0 Å². The molecule has 2 heterocycles. The molecule has 4 heteroatoms. The van der Waals surface area contributed by atoms with E-state index in [1.54, 1.807) is 0 Å².